The van der Waals surface area contributed by atoms with Crippen LogP contribution in [0.15, 0.2) is 47.2 Å². The molecule has 0 aliphatic heterocycles. The first-order chi connectivity index (χ1) is 10.4. The Hall–Kier alpha value is -2.00. The number of rotatable bonds is 4. The number of aryl methyl sites for hydroxylation is 1. The number of benzene rings is 1. The standard InChI is InChI=1S/C18H20N2O/c1-2-5-16-14(4-1)13(12-20-16)8-10-19-17-6-3-7-18-15(17)9-11-21-18/h1-2,4-5,9,11-12,17,19-20H,3,6-8,10H2. The van der Waals surface area contributed by atoms with Crippen molar-refractivity contribution in [2.45, 2.75) is 31.7 Å². The minimum atomic E-state index is 0.456. The Bertz CT molecular complexity index is 740. The molecule has 108 valence electrons. The predicted molar refractivity (Wildman–Crippen MR) is 84.4 cm³/mol. The zero-order valence-corrected chi connectivity index (χ0v) is 12.1. The van der Waals surface area contributed by atoms with Crippen molar-refractivity contribution in [1.29, 1.82) is 0 Å². The van der Waals surface area contributed by atoms with Gasteiger partial charge in [0.25, 0.3) is 0 Å². The third-order valence-corrected chi connectivity index (χ3v) is 4.51. The van der Waals surface area contributed by atoms with E-state index >= 15 is 0 Å². The van der Waals surface area contributed by atoms with Gasteiger partial charge in [-0.05, 0) is 43.5 Å². The van der Waals surface area contributed by atoms with E-state index in [1.54, 1.807) is 0 Å². The molecular weight excluding hydrogens is 260 g/mol. The van der Waals surface area contributed by atoms with Crippen molar-refractivity contribution in [2.75, 3.05) is 6.54 Å². The summed E-state index contributed by atoms with van der Waals surface area (Å²) in [5.41, 5.74) is 3.98. The maximum absolute atomic E-state index is 5.55. The van der Waals surface area contributed by atoms with E-state index in [9.17, 15) is 0 Å². The Morgan fingerprint density at radius 3 is 3.19 bits per heavy atom. The molecule has 4 rings (SSSR count). The highest BCUT2D eigenvalue weighted by atomic mass is 16.3. The molecule has 0 amide bonds. The summed E-state index contributed by atoms with van der Waals surface area (Å²) in [7, 11) is 0. The second-order valence-electron chi connectivity index (χ2n) is 5.81. The zero-order chi connectivity index (χ0) is 14.1. The van der Waals surface area contributed by atoms with Crippen LogP contribution in [0.3, 0.4) is 0 Å². The lowest BCUT2D eigenvalue weighted by Gasteiger charge is -2.22. The Morgan fingerprint density at radius 2 is 2.19 bits per heavy atom. The molecule has 3 aromatic rings. The number of hydrogen-bond acceptors (Lipinski definition) is 2. The fourth-order valence-electron chi connectivity index (χ4n) is 3.42. The molecule has 0 saturated carbocycles. The third-order valence-electron chi connectivity index (χ3n) is 4.51. The SMILES string of the molecule is c1ccc2c(CCNC3CCCc4occc43)c[nH]c2c1. The average Bonchev–Trinajstić information content (AvgIpc) is 3.15. The van der Waals surface area contributed by atoms with E-state index in [2.05, 4.69) is 46.8 Å². The first-order valence-corrected chi connectivity index (χ1v) is 7.76. The molecule has 0 saturated heterocycles. The Balaban J connectivity index is 1.43. The summed E-state index contributed by atoms with van der Waals surface area (Å²) < 4.78 is 5.55. The quantitative estimate of drug-likeness (QED) is 0.759. The minimum absolute atomic E-state index is 0.456. The summed E-state index contributed by atoms with van der Waals surface area (Å²) in [5, 5.41) is 5.03. The van der Waals surface area contributed by atoms with Crippen LogP contribution in [0.2, 0.25) is 0 Å². The second-order valence-corrected chi connectivity index (χ2v) is 5.81. The first kappa shape index (κ1) is 12.7. The Kier molecular flexibility index (Phi) is 3.28. The molecule has 3 nitrogen and oxygen atoms in total. The normalized spacial score (nSPS) is 18.0. The molecule has 0 bridgehead atoms. The summed E-state index contributed by atoms with van der Waals surface area (Å²) in [5.74, 6) is 1.17. The van der Waals surface area contributed by atoms with Crippen LogP contribution in [0.1, 0.15) is 35.8 Å². The van der Waals surface area contributed by atoms with E-state index in [-0.39, 0.29) is 0 Å². The average molecular weight is 280 g/mol. The number of aromatic nitrogens is 1. The van der Waals surface area contributed by atoms with Crippen molar-refractivity contribution in [1.82, 2.24) is 10.3 Å². The molecule has 2 heterocycles. The van der Waals surface area contributed by atoms with Gasteiger partial charge in [-0.2, -0.15) is 0 Å². The highest BCUT2D eigenvalue weighted by Gasteiger charge is 2.21. The summed E-state index contributed by atoms with van der Waals surface area (Å²) >= 11 is 0. The van der Waals surface area contributed by atoms with Gasteiger partial charge in [0.15, 0.2) is 0 Å². The van der Waals surface area contributed by atoms with Crippen molar-refractivity contribution in [3.63, 3.8) is 0 Å². The van der Waals surface area contributed by atoms with Gasteiger partial charge < -0.3 is 14.7 Å². The summed E-state index contributed by atoms with van der Waals surface area (Å²) in [4.78, 5) is 3.35. The van der Waals surface area contributed by atoms with Crippen molar-refractivity contribution in [2.24, 2.45) is 0 Å². The number of para-hydroxylation sites is 1. The topological polar surface area (TPSA) is 41.0 Å². The largest absolute Gasteiger partial charge is 0.469 e. The lowest BCUT2D eigenvalue weighted by Crippen LogP contribution is -2.26. The molecule has 1 atom stereocenters. The number of hydrogen-bond donors (Lipinski definition) is 2. The molecule has 1 unspecified atom stereocenters. The Labute approximate surface area is 124 Å². The molecule has 2 N–H and O–H groups in total. The van der Waals surface area contributed by atoms with Crippen LogP contribution >= 0.6 is 0 Å². The van der Waals surface area contributed by atoms with Crippen molar-refractivity contribution < 1.29 is 4.42 Å². The van der Waals surface area contributed by atoms with E-state index in [4.69, 9.17) is 4.42 Å². The number of nitrogens with one attached hydrogen (secondary N) is 2. The van der Waals surface area contributed by atoms with Gasteiger partial charge in [-0.3, -0.25) is 0 Å². The highest BCUT2D eigenvalue weighted by Crippen LogP contribution is 2.30. The van der Waals surface area contributed by atoms with Crippen LogP contribution in [0.4, 0.5) is 0 Å². The smallest absolute Gasteiger partial charge is 0.108 e. The number of furan rings is 1. The summed E-state index contributed by atoms with van der Waals surface area (Å²) in [6.45, 7) is 0.997. The van der Waals surface area contributed by atoms with Crippen LogP contribution < -0.4 is 5.32 Å². The van der Waals surface area contributed by atoms with Crippen LogP contribution in [0.5, 0.6) is 0 Å². The fraction of sp³-hybridized carbons (Fsp3) is 0.333. The van der Waals surface area contributed by atoms with E-state index in [1.165, 1.54) is 40.6 Å². The molecular formula is C18H20N2O. The van der Waals surface area contributed by atoms with Gasteiger partial charge in [-0.1, -0.05) is 18.2 Å². The summed E-state index contributed by atoms with van der Waals surface area (Å²) in [6, 6.07) is 11.1. The molecule has 1 aromatic carbocycles. The van der Waals surface area contributed by atoms with Crippen molar-refractivity contribution in [3.05, 3.63) is 59.7 Å². The van der Waals surface area contributed by atoms with Gasteiger partial charge in [0.05, 0.1) is 6.26 Å². The molecule has 1 aliphatic rings. The molecule has 0 spiro atoms. The van der Waals surface area contributed by atoms with Crippen molar-refractivity contribution in [3.8, 4) is 0 Å². The number of H-pyrrole nitrogens is 1. The lowest BCUT2D eigenvalue weighted by atomic mass is 9.93. The minimum Gasteiger partial charge on any atom is -0.469 e. The zero-order valence-electron chi connectivity index (χ0n) is 12.1. The molecule has 0 fully saturated rings. The first-order valence-electron chi connectivity index (χ1n) is 7.76. The number of fused-ring (bicyclic) bond motifs is 2. The lowest BCUT2D eigenvalue weighted by molar-refractivity contribution is 0.413. The monoisotopic (exact) mass is 280 g/mol. The van der Waals surface area contributed by atoms with E-state index in [0.717, 1.165) is 19.4 Å². The van der Waals surface area contributed by atoms with E-state index in [0.29, 0.717) is 6.04 Å². The highest BCUT2D eigenvalue weighted by molar-refractivity contribution is 5.83. The van der Waals surface area contributed by atoms with Gasteiger partial charge in [0.1, 0.15) is 5.76 Å². The predicted octanol–water partition coefficient (Wildman–Crippen LogP) is 3.97. The van der Waals surface area contributed by atoms with Gasteiger partial charge in [0.2, 0.25) is 0 Å². The van der Waals surface area contributed by atoms with Crippen LogP contribution in [-0.2, 0) is 12.8 Å². The number of aromatic amines is 1. The molecule has 3 heteroatoms. The van der Waals surface area contributed by atoms with Crippen LogP contribution in [-0.4, -0.2) is 11.5 Å². The van der Waals surface area contributed by atoms with Crippen LogP contribution in [0, 0.1) is 0 Å². The van der Waals surface area contributed by atoms with E-state index in [1.807, 2.05) is 6.26 Å². The van der Waals surface area contributed by atoms with Gasteiger partial charge in [-0.15, -0.1) is 0 Å². The maximum atomic E-state index is 5.55. The third kappa shape index (κ3) is 2.38. The van der Waals surface area contributed by atoms with E-state index < -0.39 is 0 Å². The maximum Gasteiger partial charge on any atom is 0.108 e. The Morgan fingerprint density at radius 1 is 1.24 bits per heavy atom. The van der Waals surface area contributed by atoms with Gasteiger partial charge in [0, 0.05) is 35.1 Å². The van der Waals surface area contributed by atoms with Gasteiger partial charge >= 0.3 is 0 Å². The molecule has 21 heavy (non-hydrogen) atoms. The summed E-state index contributed by atoms with van der Waals surface area (Å²) in [6.07, 6.45) is 8.52. The molecule has 2 aromatic heterocycles. The molecule has 1 aliphatic carbocycles. The second kappa shape index (κ2) is 5.41. The van der Waals surface area contributed by atoms with Crippen molar-refractivity contribution >= 4 is 10.9 Å². The fourth-order valence-corrected chi connectivity index (χ4v) is 3.42. The van der Waals surface area contributed by atoms with Crippen LogP contribution in [0.25, 0.3) is 10.9 Å². The molecule has 0 radical (unpaired) electrons. The van der Waals surface area contributed by atoms with Gasteiger partial charge in [-0.25, -0.2) is 0 Å².